The number of rotatable bonds is 19. The Balaban J connectivity index is 0.00000137. The number of ether oxygens (including phenoxy) is 10. The Morgan fingerprint density at radius 3 is 1.30 bits per heavy atom. The normalized spacial score (nSPS) is 24.2. The Kier molecular flexibility index (Phi) is 22.3. The van der Waals surface area contributed by atoms with Crippen LogP contribution in [0, 0.1) is 0 Å². The second kappa shape index (κ2) is 27.7. The predicted molar refractivity (Wildman–Crippen MR) is 235 cm³/mol. The lowest BCUT2D eigenvalue weighted by molar-refractivity contribution is -0.894. The molecule has 0 bridgehead atoms. The van der Waals surface area contributed by atoms with Gasteiger partial charge in [0.05, 0.1) is 36.3 Å². The quantitative estimate of drug-likeness (QED) is 0.103. The molecule has 374 valence electrons. The summed E-state index contributed by atoms with van der Waals surface area (Å²) in [6, 6.07) is 22.4. The molecule has 2 saturated heterocycles. The van der Waals surface area contributed by atoms with E-state index in [2.05, 4.69) is 20.8 Å². The van der Waals surface area contributed by atoms with Crippen molar-refractivity contribution in [2.75, 3.05) is 32.8 Å². The van der Waals surface area contributed by atoms with Crippen LogP contribution in [0.15, 0.2) is 91.0 Å². The third-order valence-corrected chi connectivity index (χ3v) is 10.8. The van der Waals surface area contributed by atoms with Gasteiger partial charge >= 0.3 is 50.0 Å². The van der Waals surface area contributed by atoms with Gasteiger partial charge in [0, 0.05) is 27.7 Å². The fourth-order valence-corrected chi connectivity index (χ4v) is 7.50. The molecule has 2 fully saturated rings. The minimum absolute atomic E-state index is 0.0399. The Labute approximate surface area is 399 Å². The van der Waals surface area contributed by atoms with Crippen LogP contribution in [0.2, 0.25) is 0 Å². The van der Waals surface area contributed by atoms with E-state index in [1.807, 2.05) is 0 Å². The van der Waals surface area contributed by atoms with Crippen LogP contribution in [0.3, 0.4) is 0 Å². The second-order valence-corrected chi connectivity index (χ2v) is 15.9. The molecule has 5 rings (SSSR count). The highest BCUT2D eigenvalue weighted by molar-refractivity contribution is 7.30. The highest BCUT2D eigenvalue weighted by Gasteiger charge is 2.59. The first-order valence-electron chi connectivity index (χ1n) is 22.0. The molecule has 0 amide bonds. The molecular formula is C47H57NO20P+. The molecule has 2 heterocycles. The van der Waals surface area contributed by atoms with E-state index in [1.165, 1.54) is 80.3 Å². The van der Waals surface area contributed by atoms with Gasteiger partial charge in [0.25, 0.3) is 6.29 Å². The van der Waals surface area contributed by atoms with Crippen LogP contribution >= 0.6 is 8.25 Å². The maximum atomic E-state index is 13.9. The molecule has 3 aromatic rings. The van der Waals surface area contributed by atoms with Gasteiger partial charge < -0.3 is 57.2 Å². The minimum Gasteiger partial charge on any atom is -0.566 e. The number of nitrogens with one attached hydrogen (secondary N) is 1. The van der Waals surface area contributed by atoms with Crippen molar-refractivity contribution in [2.24, 2.45) is 0 Å². The average Bonchev–Trinajstić information content (AvgIpc) is 3.32. The Hall–Kier alpha value is -6.19. The second-order valence-electron chi connectivity index (χ2n) is 15.3. The molecule has 0 spiro atoms. The monoisotopic (exact) mass is 986 g/mol. The summed E-state index contributed by atoms with van der Waals surface area (Å²) < 4.78 is 74.9. The summed E-state index contributed by atoms with van der Waals surface area (Å²) >= 11 is 0. The molecule has 11 atom stereocenters. The first-order chi connectivity index (χ1) is 32.9. The van der Waals surface area contributed by atoms with E-state index < -0.39 is 125 Å². The van der Waals surface area contributed by atoms with Crippen LogP contribution in [0.5, 0.6) is 0 Å². The molecule has 21 nitrogen and oxygen atoms in total. The van der Waals surface area contributed by atoms with Crippen LogP contribution < -0.4 is 9.79 Å². The fourth-order valence-electron chi connectivity index (χ4n) is 7.16. The molecule has 0 radical (unpaired) electrons. The third kappa shape index (κ3) is 17.1. The highest BCUT2D eigenvalue weighted by atomic mass is 31.1. The summed E-state index contributed by atoms with van der Waals surface area (Å²) in [6.07, 6.45) is -18.4. The zero-order chi connectivity index (χ0) is 50.6. The van der Waals surface area contributed by atoms with Crippen molar-refractivity contribution >= 4 is 50.0 Å². The zero-order valence-corrected chi connectivity index (χ0v) is 40.0. The molecule has 2 unspecified atom stereocenters. The average molecular weight is 987 g/mol. The smallest absolute Gasteiger partial charge is 0.491 e. The molecule has 2 aliphatic rings. The summed E-state index contributed by atoms with van der Waals surface area (Å²) in [4.78, 5) is 104. The first kappa shape index (κ1) is 55.4. The summed E-state index contributed by atoms with van der Waals surface area (Å²) in [5.41, 5.74) is -0.00279. The summed E-state index contributed by atoms with van der Waals surface area (Å²) in [5.74, 6) is -6.72. The van der Waals surface area contributed by atoms with Gasteiger partial charge in [0.2, 0.25) is 0 Å². The van der Waals surface area contributed by atoms with E-state index in [0.29, 0.717) is 0 Å². The summed E-state index contributed by atoms with van der Waals surface area (Å²) in [7, 11) is -3.80. The van der Waals surface area contributed by atoms with Gasteiger partial charge in [-0.15, -0.1) is 4.52 Å². The maximum absolute atomic E-state index is 13.9. The molecule has 0 aliphatic carbocycles. The van der Waals surface area contributed by atoms with E-state index >= 15 is 0 Å². The van der Waals surface area contributed by atoms with Gasteiger partial charge in [0.1, 0.15) is 31.5 Å². The lowest BCUT2D eigenvalue weighted by Gasteiger charge is -2.48. The summed E-state index contributed by atoms with van der Waals surface area (Å²) in [5, 5.41) is 0. The Bertz CT molecular complexity index is 2170. The SMILES string of the molecule is CC(=O)OC[C@H]1O[C@@H](O[C@H]2[C@@H](OC(=O)c3ccccc3)[C@H](OC(=O)c3ccccc3)C(O[P+](=O)[O-])O[C@@H]2COC(=O)c2ccccc2)[C@H](OC(C)=O)[C@@H](OC(C)=O)[C@H]1OC(C)=O.CC[NH+](CC)CC. The van der Waals surface area contributed by atoms with Crippen LogP contribution in [0.25, 0.3) is 0 Å². The van der Waals surface area contributed by atoms with E-state index in [9.17, 15) is 43.0 Å². The standard InChI is InChI=1S/C41H41O20P.C6H15N/c1-22(42)51-20-29-31(53-23(2)43)33(54-24(3)44)35(55-25(4)45)40(56-29)60-32-30(21-52-37(46)26-14-8-5-9-15-26)57-41(61-62(49)50)36(59-39(48)28-18-12-7-13-19-28)34(32)58-38(47)27-16-10-6-11-17-27;1-4-7(5-2)6-3/h5-19,29-36,40-41H,20-21H2,1-4H3;4-6H2,1-3H3/p+1/t29-,30-,31+,32-,33+,34-,35-,36+,40+,41?;/m1./s1. The van der Waals surface area contributed by atoms with Gasteiger partial charge in [-0.05, 0) is 61.7 Å². The van der Waals surface area contributed by atoms with Crippen LogP contribution in [0.1, 0.15) is 79.5 Å². The number of hydrogen-bond acceptors (Lipinski definition) is 20. The van der Waals surface area contributed by atoms with Crippen molar-refractivity contribution in [3.05, 3.63) is 108 Å². The van der Waals surface area contributed by atoms with Crippen molar-refractivity contribution in [3.8, 4) is 0 Å². The Morgan fingerprint density at radius 1 is 0.493 bits per heavy atom. The first-order valence-corrected chi connectivity index (χ1v) is 23.1. The third-order valence-electron chi connectivity index (χ3n) is 10.4. The molecule has 3 aromatic carbocycles. The minimum atomic E-state index is -3.80. The van der Waals surface area contributed by atoms with E-state index in [1.54, 1.807) is 35.2 Å². The molecule has 69 heavy (non-hydrogen) atoms. The van der Waals surface area contributed by atoms with Crippen molar-refractivity contribution in [1.82, 2.24) is 0 Å². The maximum Gasteiger partial charge on any atom is 0.491 e. The van der Waals surface area contributed by atoms with E-state index in [-0.39, 0.29) is 16.7 Å². The molecule has 1 N–H and O–H groups in total. The van der Waals surface area contributed by atoms with Crippen LogP contribution in [-0.2, 0) is 75.6 Å². The van der Waals surface area contributed by atoms with Gasteiger partial charge in [-0.3, -0.25) is 19.2 Å². The number of esters is 7. The Morgan fingerprint density at radius 2 is 0.870 bits per heavy atom. The van der Waals surface area contributed by atoms with Gasteiger partial charge in [-0.1, -0.05) is 54.6 Å². The molecular weight excluding hydrogens is 929 g/mol. The number of carbonyl (C=O) groups is 7. The van der Waals surface area contributed by atoms with Crippen molar-refractivity contribution in [3.63, 3.8) is 0 Å². The summed E-state index contributed by atoms with van der Waals surface area (Å²) in [6.45, 7) is 13.1. The van der Waals surface area contributed by atoms with E-state index in [0.717, 1.165) is 27.7 Å². The molecule has 22 heteroatoms. The number of carbonyl (C=O) groups excluding carboxylic acids is 7. The largest absolute Gasteiger partial charge is 0.566 e. The van der Waals surface area contributed by atoms with Gasteiger partial charge in [-0.2, -0.15) is 0 Å². The fraction of sp³-hybridized carbons (Fsp3) is 0.468. The number of quaternary nitrogens is 1. The van der Waals surface area contributed by atoms with Gasteiger partial charge in [0.15, 0.2) is 36.8 Å². The zero-order valence-electron chi connectivity index (χ0n) is 39.1. The molecule has 2 aliphatic heterocycles. The van der Waals surface area contributed by atoms with Crippen molar-refractivity contribution in [1.29, 1.82) is 0 Å². The molecule has 0 saturated carbocycles. The number of benzene rings is 3. The van der Waals surface area contributed by atoms with Crippen LogP contribution in [-0.4, -0.2) is 136 Å². The highest BCUT2D eigenvalue weighted by Crippen LogP contribution is 2.37. The molecule has 0 aromatic heterocycles. The predicted octanol–water partition coefficient (Wildman–Crippen LogP) is 2.45. The van der Waals surface area contributed by atoms with E-state index in [4.69, 9.17) is 51.9 Å². The van der Waals surface area contributed by atoms with Crippen molar-refractivity contribution < 1.29 is 99.8 Å². The van der Waals surface area contributed by atoms with Crippen molar-refractivity contribution in [2.45, 2.75) is 110 Å². The topological polar surface area (TPSA) is 266 Å². The number of hydrogen-bond donors (Lipinski definition) is 1. The lowest BCUT2D eigenvalue weighted by Crippen LogP contribution is -3.11. The van der Waals surface area contributed by atoms with Gasteiger partial charge in [-0.25, -0.2) is 14.4 Å². The lowest BCUT2D eigenvalue weighted by atomic mass is 9.96. The van der Waals surface area contributed by atoms with Crippen LogP contribution in [0.4, 0.5) is 0 Å².